The summed E-state index contributed by atoms with van der Waals surface area (Å²) in [6.07, 6.45) is -0.492. The van der Waals surface area contributed by atoms with Crippen LogP contribution in [0.15, 0.2) is 72.8 Å². The van der Waals surface area contributed by atoms with Crippen LogP contribution in [0.5, 0.6) is 11.5 Å². The zero-order chi connectivity index (χ0) is 26.6. The standard InChI is InChI=1S/C29H38N4O4/c1-32(2)25-14-12-22(13-15-25)19-30-29(34)37-28(17-23-8-6-10-26(16-23)35-5)21-36-27-11-7-9-24(18-27)20-31-33(3)4/h6-16,18,28,31H,17,19-21H2,1-5H3,(H,30,34). The highest BCUT2D eigenvalue weighted by Crippen LogP contribution is 2.18. The lowest BCUT2D eigenvalue weighted by molar-refractivity contribution is 0.0649. The van der Waals surface area contributed by atoms with Crippen molar-refractivity contribution in [3.63, 3.8) is 0 Å². The second-order valence-electron chi connectivity index (χ2n) is 9.19. The fraction of sp³-hybridized carbons (Fsp3) is 0.345. The number of hydrogen-bond acceptors (Lipinski definition) is 7. The first-order valence-electron chi connectivity index (χ1n) is 12.3. The maximum Gasteiger partial charge on any atom is 0.407 e. The van der Waals surface area contributed by atoms with Gasteiger partial charge >= 0.3 is 6.09 Å². The van der Waals surface area contributed by atoms with E-state index in [1.165, 1.54) is 0 Å². The van der Waals surface area contributed by atoms with E-state index < -0.39 is 12.2 Å². The number of nitrogens with one attached hydrogen (secondary N) is 2. The average molecular weight is 507 g/mol. The number of alkyl carbamates (subject to hydrolysis) is 1. The molecule has 3 rings (SSSR count). The van der Waals surface area contributed by atoms with Crippen LogP contribution in [0, 0.1) is 0 Å². The Bertz CT molecular complexity index is 1120. The minimum absolute atomic E-state index is 0.215. The van der Waals surface area contributed by atoms with E-state index in [4.69, 9.17) is 14.2 Å². The van der Waals surface area contributed by atoms with Gasteiger partial charge in [0.25, 0.3) is 0 Å². The van der Waals surface area contributed by atoms with Crippen LogP contribution in [0.1, 0.15) is 16.7 Å². The summed E-state index contributed by atoms with van der Waals surface area (Å²) in [6, 6.07) is 23.6. The summed E-state index contributed by atoms with van der Waals surface area (Å²) in [5.74, 6) is 1.47. The van der Waals surface area contributed by atoms with E-state index in [1.54, 1.807) is 7.11 Å². The molecule has 0 aromatic heterocycles. The van der Waals surface area contributed by atoms with Gasteiger partial charge < -0.3 is 24.4 Å². The van der Waals surface area contributed by atoms with Crippen LogP contribution < -0.4 is 25.1 Å². The van der Waals surface area contributed by atoms with Crippen LogP contribution in [0.2, 0.25) is 0 Å². The molecule has 0 saturated carbocycles. The third-order valence-electron chi connectivity index (χ3n) is 5.69. The zero-order valence-electron chi connectivity index (χ0n) is 22.4. The molecule has 3 aromatic rings. The third-order valence-corrected chi connectivity index (χ3v) is 5.69. The molecule has 0 saturated heterocycles. The van der Waals surface area contributed by atoms with Gasteiger partial charge in [-0.05, 0) is 53.1 Å². The molecule has 0 radical (unpaired) electrons. The number of hydrogen-bond donors (Lipinski definition) is 2. The predicted molar refractivity (Wildman–Crippen MR) is 147 cm³/mol. The first-order valence-corrected chi connectivity index (χ1v) is 12.3. The van der Waals surface area contributed by atoms with Gasteiger partial charge in [0.15, 0.2) is 0 Å². The molecule has 0 aliphatic heterocycles. The lowest BCUT2D eigenvalue weighted by Gasteiger charge is -2.20. The Morgan fingerprint density at radius 2 is 1.51 bits per heavy atom. The van der Waals surface area contributed by atoms with Crippen molar-refractivity contribution in [1.29, 1.82) is 0 Å². The number of rotatable bonds is 13. The molecule has 8 heteroatoms. The monoisotopic (exact) mass is 506 g/mol. The van der Waals surface area contributed by atoms with Crippen molar-refractivity contribution in [2.45, 2.75) is 25.6 Å². The van der Waals surface area contributed by atoms with Crippen LogP contribution in [0.25, 0.3) is 0 Å². The molecule has 1 unspecified atom stereocenters. The Hall–Kier alpha value is -3.75. The topological polar surface area (TPSA) is 75.3 Å². The SMILES string of the molecule is COc1cccc(CC(COc2cccc(CNN(C)C)c2)OC(=O)NCc2ccc(N(C)C)cc2)c1. The molecule has 8 nitrogen and oxygen atoms in total. The van der Waals surface area contributed by atoms with Crippen molar-refractivity contribution in [3.8, 4) is 11.5 Å². The molecule has 198 valence electrons. The number of benzene rings is 3. The summed E-state index contributed by atoms with van der Waals surface area (Å²) < 4.78 is 17.2. The molecule has 1 atom stereocenters. The number of anilines is 1. The van der Waals surface area contributed by atoms with Gasteiger partial charge in [-0.3, -0.25) is 10.4 Å². The molecular formula is C29H38N4O4. The first kappa shape index (κ1) is 27.8. The van der Waals surface area contributed by atoms with Crippen LogP contribution in [0.4, 0.5) is 10.5 Å². The number of methoxy groups -OCH3 is 1. The van der Waals surface area contributed by atoms with E-state index >= 15 is 0 Å². The number of ether oxygens (including phenoxy) is 3. The summed E-state index contributed by atoms with van der Waals surface area (Å²) in [6.45, 7) is 1.28. The molecule has 0 aliphatic carbocycles. The summed E-state index contributed by atoms with van der Waals surface area (Å²) in [4.78, 5) is 14.7. The Morgan fingerprint density at radius 1 is 0.838 bits per heavy atom. The lowest BCUT2D eigenvalue weighted by Crippen LogP contribution is -2.33. The van der Waals surface area contributed by atoms with Crippen molar-refractivity contribution in [1.82, 2.24) is 15.8 Å². The molecule has 0 bridgehead atoms. The van der Waals surface area contributed by atoms with Crippen LogP contribution in [-0.2, 0) is 24.2 Å². The van der Waals surface area contributed by atoms with Crippen molar-refractivity contribution in [3.05, 3.63) is 89.5 Å². The number of nitrogens with zero attached hydrogens (tertiary/aromatic N) is 2. The molecule has 2 N–H and O–H groups in total. The minimum Gasteiger partial charge on any atom is -0.497 e. The lowest BCUT2D eigenvalue weighted by atomic mass is 10.1. The molecule has 0 heterocycles. The largest absolute Gasteiger partial charge is 0.497 e. The second-order valence-corrected chi connectivity index (χ2v) is 9.19. The molecular weight excluding hydrogens is 468 g/mol. The Kier molecular flexibility index (Phi) is 10.6. The molecule has 1 amide bonds. The first-order chi connectivity index (χ1) is 17.8. The van der Waals surface area contributed by atoms with Gasteiger partial charge in [-0.2, -0.15) is 0 Å². The highest BCUT2D eigenvalue weighted by Gasteiger charge is 2.17. The third kappa shape index (κ3) is 9.67. The zero-order valence-corrected chi connectivity index (χ0v) is 22.4. The number of carbonyl (C=O) groups is 1. The van der Waals surface area contributed by atoms with E-state index in [9.17, 15) is 4.79 Å². The minimum atomic E-state index is -0.494. The Morgan fingerprint density at radius 3 is 2.19 bits per heavy atom. The Balaban J connectivity index is 1.63. The van der Waals surface area contributed by atoms with Crippen LogP contribution in [0.3, 0.4) is 0 Å². The van der Waals surface area contributed by atoms with E-state index in [-0.39, 0.29) is 6.61 Å². The molecule has 0 spiro atoms. The maximum atomic E-state index is 12.7. The summed E-state index contributed by atoms with van der Waals surface area (Å²) in [5.41, 5.74) is 7.42. The summed E-state index contributed by atoms with van der Waals surface area (Å²) in [5, 5.41) is 4.76. The van der Waals surface area contributed by atoms with Crippen LogP contribution in [-0.4, -0.2) is 59.1 Å². The highest BCUT2D eigenvalue weighted by molar-refractivity contribution is 5.67. The Labute approximate surface area is 220 Å². The van der Waals surface area contributed by atoms with Crippen LogP contribution >= 0.6 is 0 Å². The molecule has 0 aliphatic rings. The van der Waals surface area contributed by atoms with Gasteiger partial charge in [-0.25, -0.2) is 4.79 Å². The highest BCUT2D eigenvalue weighted by atomic mass is 16.6. The fourth-order valence-corrected chi connectivity index (χ4v) is 3.66. The van der Waals surface area contributed by atoms with Gasteiger partial charge in [0, 0.05) is 53.4 Å². The van der Waals surface area contributed by atoms with Crippen molar-refractivity contribution >= 4 is 11.8 Å². The van der Waals surface area contributed by atoms with Gasteiger partial charge in [0.2, 0.25) is 0 Å². The smallest absolute Gasteiger partial charge is 0.407 e. The van der Waals surface area contributed by atoms with E-state index in [0.717, 1.165) is 33.9 Å². The maximum absolute atomic E-state index is 12.7. The number of carbonyl (C=O) groups excluding carboxylic acids is 1. The summed E-state index contributed by atoms with van der Waals surface area (Å²) >= 11 is 0. The summed E-state index contributed by atoms with van der Waals surface area (Å²) in [7, 11) is 9.51. The van der Waals surface area contributed by atoms with E-state index in [2.05, 4.69) is 10.7 Å². The van der Waals surface area contributed by atoms with Crippen molar-refractivity contribution in [2.24, 2.45) is 0 Å². The fourth-order valence-electron chi connectivity index (χ4n) is 3.66. The van der Waals surface area contributed by atoms with Gasteiger partial charge in [-0.15, -0.1) is 0 Å². The number of amides is 1. The average Bonchev–Trinajstić information content (AvgIpc) is 2.90. The predicted octanol–water partition coefficient (Wildman–Crippen LogP) is 4.24. The van der Waals surface area contributed by atoms with Crippen molar-refractivity contribution in [2.75, 3.05) is 46.8 Å². The van der Waals surface area contributed by atoms with E-state index in [1.807, 2.05) is 111 Å². The number of hydrazine groups is 1. The quantitative estimate of drug-likeness (QED) is 0.336. The van der Waals surface area contributed by atoms with Gasteiger partial charge in [0.1, 0.15) is 24.2 Å². The second kappa shape index (κ2) is 14.1. The van der Waals surface area contributed by atoms with Crippen molar-refractivity contribution < 1.29 is 19.0 Å². The molecule has 37 heavy (non-hydrogen) atoms. The molecule has 3 aromatic carbocycles. The van der Waals surface area contributed by atoms with Gasteiger partial charge in [-0.1, -0.05) is 36.4 Å². The van der Waals surface area contributed by atoms with E-state index in [0.29, 0.717) is 19.5 Å². The molecule has 0 fully saturated rings. The van der Waals surface area contributed by atoms with Gasteiger partial charge in [0.05, 0.1) is 7.11 Å². The normalized spacial score (nSPS) is 11.6.